The van der Waals surface area contributed by atoms with Gasteiger partial charge in [-0.2, -0.15) is 0 Å². The Morgan fingerprint density at radius 2 is 2.14 bits per heavy atom. The van der Waals surface area contributed by atoms with E-state index < -0.39 is 0 Å². The summed E-state index contributed by atoms with van der Waals surface area (Å²) in [5.41, 5.74) is 0. The Balaban J connectivity index is 2.02. The highest BCUT2D eigenvalue weighted by atomic mass is 16.2. The second-order valence-electron chi connectivity index (χ2n) is 4.32. The Morgan fingerprint density at radius 1 is 1.50 bits per heavy atom. The molecule has 1 saturated heterocycles. The number of hydrogen-bond acceptors (Lipinski definition) is 2. The van der Waals surface area contributed by atoms with E-state index in [0.29, 0.717) is 19.0 Å². The van der Waals surface area contributed by atoms with Crippen molar-refractivity contribution in [2.45, 2.75) is 26.3 Å². The first-order valence-electron chi connectivity index (χ1n) is 5.19. The van der Waals surface area contributed by atoms with Gasteiger partial charge in [-0.1, -0.05) is 6.92 Å². The molecule has 3 unspecified atom stereocenters. The van der Waals surface area contributed by atoms with Gasteiger partial charge >= 0.3 is 0 Å². The fourth-order valence-corrected chi connectivity index (χ4v) is 1.96. The van der Waals surface area contributed by atoms with Crippen molar-refractivity contribution in [2.75, 3.05) is 13.1 Å². The maximum atomic E-state index is 11.9. The lowest BCUT2D eigenvalue weighted by atomic mass is 10.1. The van der Waals surface area contributed by atoms with Crippen molar-refractivity contribution in [1.29, 1.82) is 0 Å². The van der Waals surface area contributed by atoms with E-state index in [2.05, 4.69) is 12.2 Å². The molecule has 0 aromatic rings. The molecular weight excluding hydrogens is 180 g/mol. The summed E-state index contributed by atoms with van der Waals surface area (Å²) in [6, 6.07) is -0.288. The zero-order valence-corrected chi connectivity index (χ0v) is 8.62. The Morgan fingerprint density at radius 3 is 2.71 bits per heavy atom. The third-order valence-electron chi connectivity index (χ3n) is 3.21. The van der Waals surface area contributed by atoms with Gasteiger partial charge in [0.05, 0.1) is 0 Å². The summed E-state index contributed by atoms with van der Waals surface area (Å²) in [6.45, 7) is 5.13. The van der Waals surface area contributed by atoms with Gasteiger partial charge in [-0.15, -0.1) is 0 Å². The number of hydrogen-bond donors (Lipinski definition) is 1. The van der Waals surface area contributed by atoms with Crippen LogP contribution >= 0.6 is 0 Å². The highest BCUT2D eigenvalue weighted by Crippen LogP contribution is 2.39. The van der Waals surface area contributed by atoms with Gasteiger partial charge in [0, 0.05) is 19.0 Å². The molecule has 1 heterocycles. The summed E-state index contributed by atoms with van der Waals surface area (Å²) >= 11 is 0. The summed E-state index contributed by atoms with van der Waals surface area (Å²) in [5.74, 6) is 0.834. The molecule has 78 valence electrons. The molecule has 2 amide bonds. The lowest BCUT2D eigenvalue weighted by Gasteiger charge is -2.33. The first-order chi connectivity index (χ1) is 6.61. The van der Waals surface area contributed by atoms with E-state index in [1.165, 1.54) is 0 Å². The van der Waals surface area contributed by atoms with Crippen LogP contribution < -0.4 is 5.32 Å². The minimum Gasteiger partial charge on any atom is -0.353 e. The molecule has 2 rings (SSSR count). The summed E-state index contributed by atoms with van der Waals surface area (Å²) < 4.78 is 0. The van der Waals surface area contributed by atoms with Gasteiger partial charge in [0.15, 0.2) is 0 Å². The third-order valence-corrected chi connectivity index (χ3v) is 3.21. The lowest BCUT2D eigenvalue weighted by molar-refractivity contribution is -0.143. The van der Waals surface area contributed by atoms with Crippen LogP contribution in [0.4, 0.5) is 0 Å². The molecule has 0 spiro atoms. The number of piperazine rings is 1. The highest BCUT2D eigenvalue weighted by Gasteiger charge is 2.43. The van der Waals surface area contributed by atoms with Gasteiger partial charge in [-0.3, -0.25) is 9.59 Å². The normalized spacial score (nSPS) is 36.6. The first kappa shape index (κ1) is 9.49. The lowest BCUT2D eigenvalue weighted by Crippen LogP contribution is -2.56. The zero-order valence-electron chi connectivity index (χ0n) is 8.62. The van der Waals surface area contributed by atoms with E-state index in [1.54, 1.807) is 11.8 Å². The van der Waals surface area contributed by atoms with E-state index in [4.69, 9.17) is 0 Å². The molecule has 0 aromatic heterocycles. The fraction of sp³-hybridized carbons (Fsp3) is 0.800. The molecule has 1 aliphatic carbocycles. The largest absolute Gasteiger partial charge is 0.353 e. The van der Waals surface area contributed by atoms with Crippen LogP contribution in [0.25, 0.3) is 0 Å². The summed E-state index contributed by atoms with van der Waals surface area (Å²) in [4.78, 5) is 24.9. The van der Waals surface area contributed by atoms with Gasteiger partial charge < -0.3 is 10.2 Å². The molecule has 0 bridgehead atoms. The number of amides is 2. The maximum absolute atomic E-state index is 11.9. The average Bonchev–Trinajstić information content (AvgIpc) is 2.87. The minimum absolute atomic E-state index is 0.0297. The van der Waals surface area contributed by atoms with Gasteiger partial charge in [0.25, 0.3) is 0 Å². The quantitative estimate of drug-likeness (QED) is 0.641. The van der Waals surface area contributed by atoms with Gasteiger partial charge in [0.2, 0.25) is 11.8 Å². The maximum Gasteiger partial charge on any atom is 0.242 e. The average molecular weight is 196 g/mol. The van der Waals surface area contributed by atoms with Crippen molar-refractivity contribution < 1.29 is 9.59 Å². The number of carbonyl (C=O) groups is 2. The predicted molar refractivity (Wildman–Crippen MR) is 51.5 cm³/mol. The third kappa shape index (κ3) is 1.49. The van der Waals surface area contributed by atoms with Crippen LogP contribution in [0.15, 0.2) is 0 Å². The molecule has 4 nitrogen and oxygen atoms in total. The van der Waals surface area contributed by atoms with Gasteiger partial charge in [-0.05, 0) is 19.3 Å². The molecule has 2 aliphatic rings. The van der Waals surface area contributed by atoms with Crippen LogP contribution in [0.3, 0.4) is 0 Å². The smallest absolute Gasteiger partial charge is 0.242 e. The number of carbonyl (C=O) groups excluding carboxylic acids is 2. The Hall–Kier alpha value is -1.06. The van der Waals surface area contributed by atoms with Gasteiger partial charge in [0.1, 0.15) is 6.04 Å². The SMILES string of the molecule is CC1CC1C(=O)N1CCNC(=O)C1C. The molecule has 4 heteroatoms. The Labute approximate surface area is 83.6 Å². The predicted octanol–water partition coefficient (Wildman–Crippen LogP) is -0.0107. The van der Waals surface area contributed by atoms with Crippen molar-refractivity contribution in [1.82, 2.24) is 10.2 Å². The van der Waals surface area contributed by atoms with E-state index >= 15 is 0 Å². The van der Waals surface area contributed by atoms with Gasteiger partial charge in [-0.25, -0.2) is 0 Å². The molecule has 1 N–H and O–H groups in total. The number of nitrogens with zero attached hydrogens (tertiary/aromatic N) is 1. The summed E-state index contributed by atoms with van der Waals surface area (Å²) in [5, 5.41) is 2.75. The topological polar surface area (TPSA) is 49.4 Å². The van der Waals surface area contributed by atoms with E-state index in [1.807, 2.05) is 0 Å². The monoisotopic (exact) mass is 196 g/mol. The molecule has 0 radical (unpaired) electrons. The summed E-state index contributed by atoms with van der Waals surface area (Å²) in [6.07, 6.45) is 0.990. The fourth-order valence-electron chi connectivity index (χ4n) is 1.96. The Kier molecular flexibility index (Phi) is 2.21. The Bertz CT molecular complexity index is 277. The van der Waals surface area contributed by atoms with Crippen molar-refractivity contribution in [3.05, 3.63) is 0 Å². The molecule has 0 aromatic carbocycles. The second kappa shape index (κ2) is 3.26. The van der Waals surface area contributed by atoms with Crippen LogP contribution in [-0.4, -0.2) is 35.8 Å². The van der Waals surface area contributed by atoms with Crippen molar-refractivity contribution >= 4 is 11.8 Å². The first-order valence-corrected chi connectivity index (χ1v) is 5.19. The van der Waals surface area contributed by atoms with E-state index in [0.717, 1.165) is 6.42 Å². The number of nitrogens with one attached hydrogen (secondary N) is 1. The van der Waals surface area contributed by atoms with Crippen LogP contribution in [0.5, 0.6) is 0 Å². The molecule has 1 aliphatic heterocycles. The van der Waals surface area contributed by atoms with E-state index in [-0.39, 0.29) is 23.8 Å². The van der Waals surface area contributed by atoms with E-state index in [9.17, 15) is 9.59 Å². The molecule has 3 atom stereocenters. The molecule has 14 heavy (non-hydrogen) atoms. The van der Waals surface area contributed by atoms with Crippen LogP contribution in [0.1, 0.15) is 20.3 Å². The molecule has 1 saturated carbocycles. The summed E-state index contributed by atoms with van der Waals surface area (Å²) in [7, 11) is 0. The minimum atomic E-state index is -0.288. The zero-order chi connectivity index (χ0) is 10.3. The standard InChI is InChI=1S/C10H16N2O2/c1-6-5-8(6)10(14)12-4-3-11-9(13)7(12)2/h6-8H,3-5H2,1-2H3,(H,11,13). The van der Waals surface area contributed by atoms with Crippen LogP contribution in [0, 0.1) is 11.8 Å². The highest BCUT2D eigenvalue weighted by molar-refractivity contribution is 5.90. The molecule has 2 fully saturated rings. The van der Waals surface area contributed by atoms with Crippen molar-refractivity contribution in [3.63, 3.8) is 0 Å². The van der Waals surface area contributed by atoms with Crippen molar-refractivity contribution in [3.8, 4) is 0 Å². The van der Waals surface area contributed by atoms with Crippen molar-refractivity contribution in [2.24, 2.45) is 11.8 Å². The van der Waals surface area contributed by atoms with Crippen LogP contribution in [-0.2, 0) is 9.59 Å². The number of rotatable bonds is 1. The van der Waals surface area contributed by atoms with Crippen LogP contribution in [0.2, 0.25) is 0 Å². The second-order valence-corrected chi connectivity index (χ2v) is 4.32. The molecular formula is C10H16N2O2.